The van der Waals surface area contributed by atoms with Gasteiger partial charge in [0.15, 0.2) is 11.6 Å². The molecule has 0 aromatic rings. The van der Waals surface area contributed by atoms with Crippen LogP contribution in [0, 0.1) is 35.5 Å². The lowest BCUT2D eigenvalue weighted by Crippen LogP contribution is -2.63. The van der Waals surface area contributed by atoms with Crippen molar-refractivity contribution in [3.63, 3.8) is 0 Å². The van der Waals surface area contributed by atoms with Crippen molar-refractivity contribution in [3.8, 4) is 0 Å². The van der Waals surface area contributed by atoms with Gasteiger partial charge in [0.1, 0.15) is 0 Å². The number of ketones is 2. The van der Waals surface area contributed by atoms with Crippen LogP contribution >= 0.6 is 0 Å². The van der Waals surface area contributed by atoms with Gasteiger partial charge in [-0.25, -0.2) is 4.79 Å². The zero-order chi connectivity index (χ0) is 19.5. The van der Waals surface area contributed by atoms with Crippen molar-refractivity contribution < 1.29 is 19.5 Å². The summed E-state index contributed by atoms with van der Waals surface area (Å²) in [5.74, 6) is 1.88. The Morgan fingerprint density at radius 2 is 1.96 bits per heavy atom. The molecule has 3 saturated carbocycles. The number of hydrogen-bond acceptors (Lipinski definition) is 3. The molecule has 0 radical (unpaired) electrons. The smallest absolute Gasteiger partial charge is 0.405 e. The molecule has 3 fully saturated rings. The van der Waals surface area contributed by atoms with E-state index in [1.54, 1.807) is 6.08 Å². The maximum absolute atomic E-state index is 13.4. The van der Waals surface area contributed by atoms with E-state index in [2.05, 4.69) is 5.32 Å². The Balaban J connectivity index is 1.50. The molecule has 1 amide bonds. The van der Waals surface area contributed by atoms with Crippen LogP contribution < -0.4 is 5.32 Å². The molecule has 28 heavy (non-hydrogen) atoms. The highest BCUT2D eigenvalue weighted by Crippen LogP contribution is 2.58. The number of fused-ring (bicyclic) bond motifs is 7. The molecule has 5 aliphatic carbocycles. The number of rotatable bonds is 1. The minimum absolute atomic E-state index is 0.0413. The SMILES string of the molecule is O=C1C=CC2C3=CC(=O)C4C(CCC5(NC(=O)O)CCCCC45)C3CCC2C1. The van der Waals surface area contributed by atoms with Gasteiger partial charge >= 0.3 is 6.09 Å². The van der Waals surface area contributed by atoms with E-state index in [9.17, 15) is 19.5 Å². The van der Waals surface area contributed by atoms with Crippen LogP contribution in [0.3, 0.4) is 0 Å². The Bertz CT molecular complexity index is 783. The first-order chi connectivity index (χ1) is 13.5. The van der Waals surface area contributed by atoms with E-state index in [-0.39, 0.29) is 29.3 Å². The van der Waals surface area contributed by atoms with Crippen molar-refractivity contribution in [1.82, 2.24) is 5.32 Å². The topological polar surface area (TPSA) is 83.5 Å². The second kappa shape index (κ2) is 6.57. The summed E-state index contributed by atoms with van der Waals surface area (Å²) in [6.45, 7) is 0. The lowest BCUT2D eigenvalue weighted by atomic mass is 9.49. The summed E-state index contributed by atoms with van der Waals surface area (Å²) in [7, 11) is 0. The summed E-state index contributed by atoms with van der Waals surface area (Å²) >= 11 is 0. The van der Waals surface area contributed by atoms with Crippen molar-refractivity contribution in [3.05, 3.63) is 23.8 Å². The summed E-state index contributed by atoms with van der Waals surface area (Å²) in [6, 6.07) is 0. The van der Waals surface area contributed by atoms with Gasteiger partial charge in [0.05, 0.1) is 0 Å². The maximum Gasteiger partial charge on any atom is 0.405 e. The number of hydrogen-bond donors (Lipinski definition) is 2. The molecule has 5 rings (SSSR count). The van der Waals surface area contributed by atoms with E-state index in [0.29, 0.717) is 24.2 Å². The Kier molecular flexibility index (Phi) is 4.25. The molecule has 2 N–H and O–H groups in total. The molecule has 0 aromatic carbocycles. The average Bonchev–Trinajstić information content (AvgIpc) is 2.66. The van der Waals surface area contributed by atoms with Gasteiger partial charge in [-0.1, -0.05) is 24.5 Å². The average molecular weight is 383 g/mol. The first kappa shape index (κ1) is 18.1. The number of amides is 1. The summed E-state index contributed by atoms with van der Waals surface area (Å²) in [6.07, 6.45) is 13.2. The van der Waals surface area contributed by atoms with E-state index in [0.717, 1.165) is 51.4 Å². The van der Waals surface area contributed by atoms with Crippen LogP contribution in [0.15, 0.2) is 23.8 Å². The number of carbonyl (C=O) groups excluding carboxylic acids is 2. The summed E-state index contributed by atoms with van der Waals surface area (Å²) in [5.41, 5.74) is 0.849. The van der Waals surface area contributed by atoms with Crippen molar-refractivity contribution >= 4 is 17.7 Å². The quantitative estimate of drug-likeness (QED) is 0.719. The van der Waals surface area contributed by atoms with E-state index >= 15 is 0 Å². The minimum atomic E-state index is -0.956. The van der Waals surface area contributed by atoms with E-state index in [1.807, 2.05) is 12.2 Å². The first-order valence-electron chi connectivity index (χ1n) is 11.0. The molecule has 5 aliphatic rings. The van der Waals surface area contributed by atoms with Gasteiger partial charge in [0, 0.05) is 23.8 Å². The van der Waals surface area contributed by atoms with Crippen LogP contribution in [0.1, 0.15) is 57.8 Å². The summed E-state index contributed by atoms with van der Waals surface area (Å²) in [4.78, 5) is 36.7. The molecule has 150 valence electrons. The molecule has 5 nitrogen and oxygen atoms in total. The third-order valence-electron chi connectivity index (χ3n) is 8.55. The molecule has 7 atom stereocenters. The van der Waals surface area contributed by atoms with Gasteiger partial charge in [0.25, 0.3) is 0 Å². The van der Waals surface area contributed by atoms with Crippen molar-refractivity contribution in [1.29, 1.82) is 0 Å². The van der Waals surface area contributed by atoms with Gasteiger partial charge < -0.3 is 10.4 Å². The molecule has 0 spiro atoms. The van der Waals surface area contributed by atoms with Gasteiger partial charge in [-0.15, -0.1) is 0 Å². The third kappa shape index (κ3) is 2.69. The molecule has 0 aliphatic heterocycles. The Morgan fingerprint density at radius 3 is 2.79 bits per heavy atom. The predicted molar refractivity (Wildman–Crippen MR) is 104 cm³/mol. The zero-order valence-corrected chi connectivity index (χ0v) is 16.2. The fourth-order valence-electron chi connectivity index (χ4n) is 7.51. The van der Waals surface area contributed by atoms with Crippen molar-refractivity contribution in [2.24, 2.45) is 35.5 Å². The molecule has 5 heteroatoms. The second-order valence-electron chi connectivity index (χ2n) is 9.71. The number of nitrogens with one attached hydrogen (secondary N) is 1. The fourth-order valence-corrected chi connectivity index (χ4v) is 7.51. The first-order valence-corrected chi connectivity index (χ1v) is 11.0. The molecule has 7 unspecified atom stereocenters. The second-order valence-corrected chi connectivity index (χ2v) is 9.71. The van der Waals surface area contributed by atoms with Crippen LogP contribution in [-0.2, 0) is 9.59 Å². The van der Waals surface area contributed by atoms with Crippen LogP contribution in [0.5, 0.6) is 0 Å². The van der Waals surface area contributed by atoms with Gasteiger partial charge in [-0.2, -0.15) is 0 Å². The highest BCUT2D eigenvalue weighted by atomic mass is 16.4. The Hall–Kier alpha value is -1.91. The molecule has 0 heterocycles. The largest absolute Gasteiger partial charge is 0.465 e. The van der Waals surface area contributed by atoms with Crippen molar-refractivity contribution in [2.75, 3.05) is 0 Å². The predicted octanol–water partition coefficient (Wildman–Crippen LogP) is 3.89. The Labute approximate surface area is 165 Å². The Morgan fingerprint density at radius 1 is 1.11 bits per heavy atom. The monoisotopic (exact) mass is 383 g/mol. The normalized spacial score (nSPS) is 44.5. The number of allylic oxidation sites excluding steroid dienone is 4. The maximum atomic E-state index is 13.4. The van der Waals surface area contributed by atoms with Crippen LogP contribution in [0.25, 0.3) is 0 Å². The van der Waals surface area contributed by atoms with Gasteiger partial charge in [-0.3, -0.25) is 9.59 Å². The van der Waals surface area contributed by atoms with E-state index < -0.39 is 11.6 Å². The van der Waals surface area contributed by atoms with E-state index in [1.165, 1.54) is 5.57 Å². The summed E-state index contributed by atoms with van der Waals surface area (Å²) < 4.78 is 0. The van der Waals surface area contributed by atoms with Gasteiger partial charge in [0.2, 0.25) is 0 Å². The highest BCUT2D eigenvalue weighted by molar-refractivity contribution is 5.95. The molecule has 0 bridgehead atoms. The van der Waals surface area contributed by atoms with Gasteiger partial charge in [-0.05, 0) is 74.3 Å². The molecule has 0 aromatic heterocycles. The standard InChI is InChI=1S/C23H29NO4/c25-14-5-7-15-13(11-14)4-6-16-17-8-10-23(24-22(27)28)9-2-1-3-19(23)21(17)20(26)12-18(15)16/h5,7,12-13,15-17,19,21,24H,1-4,6,8-11H2,(H,27,28). The fraction of sp³-hybridized carbons (Fsp3) is 0.696. The third-order valence-corrected chi connectivity index (χ3v) is 8.55. The lowest BCUT2D eigenvalue weighted by Gasteiger charge is -2.57. The molecule has 0 saturated heterocycles. The number of carbonyl (C=O) groups is 3. The molecular formula is C23H29NO4. The minimum Gasteiger partial charge on any atom is -0.465 e. The van der Waals surface area contributed by atoms with E-state index in [4.69, 9.17) is 0 Å². The lowest BCUT2D eigenvalue weighted by molar-refractivity contribution is -0.130. The van der Waals surface area contributed by atoms with Crippen LogP contribution in [0.2, 0.25) is 0 Å². The van der Waals surface area contributed by atoms with Crippen LogP contribution in [-0.4, -0.2) is 28.3 Å². The summed E-state index contributed by atoms with van der Waals surface area (Å²) in [5, 5.41) is 12.3. The number of carboxylic acid groups (broad SMARTS) is 1. The zero-order valence-electron chi connectivity index (χ0n) is 16.2. The highest BCUT2D eigenvalue weighted by Gasteiger charge is 2.57. The molecular weight excluding hydrogens is 354 g/mol. The van der Waals surface area contributed by atoms with Crippen LogP contribution in [0.4, 0.5) is 4.79 Å². The van der Waals surface area contributed by atoms with Crippen molar-refractivity contribution in [2.45, 2.75) is 63.3 Å².